The molecule has 0 aliphatic heterocycles. The lowest BCUT2D eigenvalue weighted by atomic mass is 9.94. The minimum Gasteiger partial charge on any atom is -0.207 e. The van der Waals surface area contributed by atoms with Gasteiger partial charge in [0.1, 0.15) is 11.6 Å². The molecule has 0 spiro atoms. The fourth-order valence-corrected chi connectivity index (χ4v) is 2.31. The van der Waals surface area contributed by atoms with E-state index in [-0.39, 0.29) is 17.6 Å². The van der Waals surface area contributed by atoms with Gasteiger partial charge in [0.2, 0.25) is 0 Å². The van der Waals surface area contributed by atoms with Gasteiger partial charge in [0.25, 0.3) is 0 Å². The van der Waals surface area contributed by atoms with Gasteiger partial charge in [-0.15, -0.1) is 11.6 Å². The Hall–Kier alpha value is -1.41. The third-order valence-electron chi connectivity index (χ3n) is 3.09. The lowest BCUT2D eigenvalue weighted by molar-refractivity contribution is 0.578. The molecular weight excluding hydrogens is 266 g/mol. The largest absolute Gasteiger partial charge is 0.207 e. The summed E-state index contributed by atoms with van der Waals surface area (Å²) in [4.78, 5) is 0. The molecule has 0 aliphatic carbocycles. The van der Waals surface area contributed by atoms with Crippen molar-refractivity contribution in [3.05, 3.63) is 71.3 Å². The van der Waals surface area contributed by atoms with Crippen LogP contribution >= 0.6 is 11.6 Å². The summed E-state index contributed by atoms with van der Waals surface area (Å²) < 4.78 is 25.7. The molecule has 2 rings (SSSR count). The number of hydrogen-bond donors (Lipinski definition) is 0. The fraction of sp³-hybridized carbons (Fsp3) is 0.250. The number of halogens is 3. The second kappa shape index (κ2) is 6.67. The van der Waals surface area contributed by atoms with Crippen molar-refractivity contribution < 1.29 is 8.78 Å². The third-order valence-corrected chi connectivity index (χ3v) is 3.53. The van der Waals surface area contributed by atoms with Crippen LogP contribution in [-0.4, -0.2) is 5.88 Å². The highest BCUT2D eigenvalue weighted by atomic mass is 35.5. The Kier molecular flexibility index (Phi) is 4.92. The maximum absolute atomic E-state index is 12.8. The van der Waals surface area contributed by atoms with E-state index in [4.69, 9.17) is 11.6 Å². The molecule has 0 fully saturated rings. The number of benzene rings is 2. The Bertz CT molecular complexity index is 458. The molecule has 0 unspecified atom stereocenters. The molecule has 0 atom stereocenters. The van der Waals surface area contributed by atoms with Gasteiger partial charge in [-0.05, 0) is 54.2 Å². The van der Waals surface area contributed by atoms with E-state index in [9.17, 15) is 8.78 Å². The summed E-state index contributed by atoms with van der Waals surface area (Å²) in [6.45, 7) is 0. The first-order valence-electron chi connectivity index (χ1n) is 6.22. The topological polar surface area (TPSA) is 0 Å². The molecule has 0 heterocycles. The Morgan fingerprint density at radius 3 is 1.42 bits per heavy atom. The summed E-state index contributed by atoms with van der Waals surface area (Å²) in [5.41, 5.74) is 2.13. The van der Waals surface area contributed by atoms with Crippen molar-refractivity contribution in [3.63, 3.8) is 0 Å². The predicted molar refractivity (Wildman–Crippen MR) is 74.4 cm³/mol. The van der Waals surface area contributed by atoms with Crippen molar-refractivity contribution in [3.8, 4) is 0 Å². The quantitative estimate of drug-likeness (QED) is 0.702. The molecule has 0 nitrogen and oxygen atoms in total. The molecule has 0 bridgehead atoms. The Morgan fingerprint density at radius 2 is 1.11 bits per heavy atom. The summed E-state index contributed by atoms with van der Waals surface area (Å²) in [6, 6.07) is 12.9. The van der Waals surface area contributed by atoms with E-state index in [0.29, 0.717) is 5.88 Å². The van der Waals surface area contributed by atoms with E-state index < -0.39 is 0 Å². The SMILES string of the molecule is Fc1ccc(CC(CCl)Cc2ccc(F)cc2)cc1. The van der Waals surface area contributed by atoms with Gasteiger partial charge in [0.15, 0.2) is 0 Å². The highest BCUT2D eigenvalue weighted by molar-refractivity contribution is 6.18. The molecule has 19 heavy (non-hydrogen) atoms. The first kappa shape index (κ1) is 14.0. The molecule has 0 saturated carbocycles. The zero-order chi connectivity index (χ0) is 13.7. The monoisotopic (exact) mass is 280 g/mol. The van der Waals surface area contributed by atoms with Crippen molar-refractivity contribution >= 4 is 11.6 Å². The van der Waals surface area contributed by atoms with Gasteiger partial charge in [-0.1, -0.05) is 24.3 Å². The Balaban J connectivity index is 2.00. The summed E-state index contributed by atoms with van der Waals surface area (Å²) >= 11 is 5.98. The van der Waals surface area contributed by atoms with Crippen LogP contribution in [-0.2, 0) is 12.8 Å². The van der Waals surface area contributed by atoms with Crippen molar-refractivity contribution in [1.29, 1.82) is 0 Å². The van der Waals surface area contributed by atoms with Gasteiger partial charge in [-0.2, -0.15) is 0 Å². The minimum absolute atomic E-state index is 0.232. The molecular formula is C16H15ClF2. The standard InChI is InChI=1S/C16H15ClF2/c17-11-14(9-12-1-5-15(18)6-2-12)10-13-3-7-16(19)8-4-13/h1-8,14H,9-11H2. The molecule has 0 N–H and O–H groups in total. The van der Waals surface area contributed by atoms with Gasteiger partial charge in [0, 0.05) is 5.88 Å². The van der Waals surface area contributed by atoms with Crippen LogP contribution in [0.1, 0.15) is 11.1 Å². The highest BCUT2D eigenvalue weighted by Crippen LogP contribution is 2.17. The average Bonchev–Trinajstić information content (AvgIpc) is 2.43. The smallest absolute Gasteiger partial charge is 0.123 e. The predicted octanol–water partition coefficient (Wildman–Crippen LogP) is 4.61. The van der Waals surface area contributed by atoms with E-state index in [2.05, 4.69) is 0 Å². The third kappa shape index (κ3) is 4.32. The van der Waals surface area contributed by atoms with Crippen LogP contribution in [0.4, 0.5) is 8.78 Å². The Morgan fingerprint density at radius 1 is 0.737 bits per heavy atom. The Labute approximate surface area is 117 Å². The molecule has 0 amide bonds. The van der Waals surface area contributed by atoms with Crippen molar-refractivity contribution in [2.75, 3.05) is 5.88 Å². The highest BCUT2D eigenvalue weighted by Gasteiger charge is 2.10. The minimum atomic E-state index is -0.232. The van der Waals surface area contributed by atoms with Crippen LogP contribution in [0.5, 0.6) is 0 Å². The van der Waals surface area contributed by atoms with Crippen LogP contribution in [0.3, 0.4) is 0 Å². The maximum atomic E-state index is 12.8. The first-order chi connectivity index (χ1) is 9.17. The molecule has 0 aromatic heterocycles. The van der Waals surface area contributed by atoms with Gasteiger partial charge in [-0.3, -0.25) is 0 Å². The second-order valence-corrected chi connectivity index (χ2v) is 4.99. The maximum Gasteiger partial charge on any atom is 0.123 e. The van der Waals surface area contributed by atoms with Crippen molar-refractivity contribution in [2.24, 2.45) is 5.92 Å². The van der Waals surface area contributed by atoms with Crippen molar-refractivity contribution in [1.82, 2.24) is 0 Å². The fourth-order valence-electron chi connectivity index (χ4n) is 2.09. The molecule has 3 heteroatoms. The van der Waals surface area contributed by atoms with Crippen LogP contribution in [0.25, 0.3) is 0 Å². The molecule has 0 aliphatic rings. The van der Waals surface area contributed by atoms with Gasteiger partial charge < -0.3 is 0 Å². The lowest BCUT2D eigenvalue weighted by Crippen LogP contribution is -2.10. The van der Waals surface area contributed by atoms with Gasteiger partial charge >= 0.3 is 0 Å². The summed E-state index contributed by atoms with van der Waals surface area (Å²) in [5, 5.41) is 0. The number of hydrogen-bond acceptors (Lipinski definition) is 0. The molecule has 100 valence electrons. The van der Waals surface area contributed by atoms with Crippen LogP contribution < -0.4 is 0 Å². The van der Waals surface area contributed by atoms with E-state index in [1.807, 2.05) is 0 Å². The first-order valence-corrected chi connectivity index (χ1v) is 6.75. The van der Waals surface area contributed by atoms with E-state index in [1.165, 1.54) is 24.3 Å². The van der Waals surface area contributed by atoms with Crippen LogP contribution in [0, 0.1) is 17.6 Å². The zero-order valence-corrected chi connectivity index (χ0v) is 11.2. The van der Waals surface area contributed by atoms with Crippen LogP contribution in [0.2, 0.25) is 0 Å². The zero-order valence-electron chi connectivity index (χ0n) is 10.5. The van der Waals surface area contributed by atoms with Gasteiger partial charge in [0.05, 0.1) is 0 Å². The molecule has 2 aromatic carbocycles. The number of rotatable bonds is 5. The molecule has 0 saturated heterocycles. The summed E-state index contributed by atoms with van der Waals surface area (Å²) in [5.74, 6) is 0.321. The summed E-state index contributed by atoms with van der Waals surface area (Å²) in [7, 11) is 0. The average molecular weight is 281 g/mol. The van der Waals surface area contributed by atoms with Gasteiger partial charge in [-0.25, -0.2) is 8.78 Å². The van der Waals surface area contributed by atoms with E-state index in [0.717, 1.165) is 24.0 Å². The molecule has 2 aromatic rings. The molecule has 0 radical (unpaired) electrons. The van der Waals surface area contributed by atoms with Crippen molar-refractivity contribution in [2.45, 2.75) is 12.8 Å². The number of alkyl halides is 1. The van der Waals surface area contributed by atoms with E-state index >= 15 is 0 Å². The second-order valence-electron chi connectivity index (χ2n) is 4.68. The lowest BCUT2D eigenvalue weighted by Gasteiger charge is -2.14. The summed E-state index contributed by atoms with van der Waals surface area (Å²) in [6.07, 6.45) is 1.59. The normalized spacial score (nSPS) is 10.9. The van der Waals surface area contributed by atoms with Crippen LogP contribution in [0.15, 0.2) is 48.5 Å². The van der Waals surface area contributed by atoms with E-state index in [1.54, 1.807) is 24.3 Å².